The second-order valence-electron chi connectivity index (χ2n) is 6.89. The summed E-state index contributed by atoms with van der Waals surface area (Å²) >= 11 is 0. The zero-order valence-electron chi connectivity index (χ0n) is 15.0. The Hall–Kier alpha value is -1.82. The molecule has 0 aromatic heterocycles. The maximum Gasteiger partial charge on any atom is 0.163 e. The number of aliphatic hydroxyl groups excluding tert-OH is 1. The summed E-state index contributed by atoms with van der Waals surface area (Å²) in [7, 11) is 0. The minimum absolute atomic E-state index is 0.134. The second-order valence-corrected chi connectivity index (χ2v) is 6.89. The monoisotopic (exact) mass is 360 g/mol. The van der Waals surface area contributed by atoms with Crippen LogP contribution >= 0.6 is 0 Å². The minimum Gasteiger partial charge on any atom is -0.396 e. The Morgan fingerprint density at radius 3 is 2.58 bits per heavy atom. The standard InChI is InChI=1S/C21H26F2N2O/c22-20-8-4-7-18(21(20)23)15-24-12-13-25(19(16-24)10-14-26)11-9-17-5-2-1-3-6-17/h1-8,19,26H,9-16H2/t19-/m0/s1. The molecular weight excluding hydrogens is 334 g/mol. The van der Waals surface area contributed by atoms with E-state index in [2.05, 4.69) is 21.9 Å². The molecule has 1 aliphatic rings. The van der Waals surface area contributed by atoms with E-state index in [9.17, 15) is 13.9 Å². The predicted octanol–water partition coefficient (Wildman–Crippen LogP) is 3.08. The third-order valence-corrected chi connectivity index (χ3v) is 5.11. The molecule has 1 N–H and O–H groups in total. The van der Waals surface area contributed by atoms with Gasteiger partial charge in [-0.1, -0.05) is 42.5 Å². The van der Waals surface area contributed by atoms with Crippen LogP contribution in [0, 0.1) is 11.6 Å². The van der Waals surface area contributed by atoms with Crippen LogP contribution in [0.3, 0.4) is 0 Å². The summed E-state index contributed by atoms with van der Waals surface area (Å²) in [5.74, 6) is -1.55. The minimum atomic E-state index is -0.795. The molecule has 0 aliphatic carbocycles. The molecular formula is C21H26F2N2O. The molecule has 1 saturated heterocycles. The van der Waals surface area contributed by atoms with Gasteiger partial charge in [0.25, 0.3) is 0 Å². The van der Waals surface area contributed by atoms with E-state index in [1.165, 1.54) is 5.56 Å². The molecule has 1 atom stereocenters. The topological polar surface area (TPSA) is 26.7 Å². The van der Waals surface area contributed by atoms with Gasteiger partial charge in [-0.15, -0.1) is 0 Å². The first kappa shape index (κ1) is 19.0. The lowest BCUT2D eigenvalue weighted by Gasteiger charge is -2.41. The molecule has 0 saturated carbocycles. The molecule has 3 nitrogen and oxygen atoms in total. The lowest BCUT2D eigenvalue weighted by molar-refractivity contribution is 0.0556. The van der Waals surface area contributed by atoms with Gasteiger partial charge in [0, 0.05) is 50.9 Å². The van der Waals surface area contributed by atoms with E-state index in [4.69, 9.17) is 0 Å². The highest BCUT2D eigenvalue weighted by Crippen LogP contribution is 2.19. The summed E-state index contributed by atoms with van der Waals surface area (Å²) in [4.78, 5) is 4.55. The van der Waals surface area contributed by atoms with Gasteiger partial charge >= 0.3 is 0 Å². The third kappa shape index (κ3) is 4.87. The van der Waals surface area contributed by atoms with Crippen molar-refractivity contribution in [3.8, 4) is 0 Å². The first-order chi connectivity index (χ1) is 12.7. The quantitative estimate of drug-likeness (QED) is 0.822. The Balaban J connectivity index is 1.59. The highest BCUT2D eigenvalue weighted by Gasteiger charge is 2.27. The van der Waals surface area contributed by atoms with Gasteiger partial charge in [0.1, 0.15) is 0 Å². The highest BCUT2D eigenvalue weighted by molar-refractivity contribution is 5.19. The van der Waals surface area contributed by atoms with E-state index in [0.717, 1.165) is 38.7 Å². The number of nitrogens with zero attached hydrogens (tertiary/aromatic N) is 2. The van der Waals surface area contributed by atoms with Crippen LogP contribution in [0.15, 0.2) is 48.5 Å². The first-order valence-corrected chi connectivity index (χ1v) is 9.21. The van der Waals surface area contributed by atoms with Crippen molar-refractivity contribution in [2.24, 2.45) is 0 Å². The Morgan fingerprint density at radius 1 is 1.00 bits per heavy atom. The fraction of sp³-hybridized carbons (Fsp3) is 0.429. The van der Waals surface area contributed by atoms with Crippen molar-refractivity contribution >= 4 is 0 Å². The smallest absolute Gasteiger partial charge is 0.163 e. The van der Waals surface area contributed by atoms with Gasteiger partial charge in [-0.2, -0.15) is 0 Å². The molecule has 2 aromatic rings. The average molecular weight is 360 g/mol. The van der Waals surface area contributed by atoms with E-state index < -0.39 is 11.6 Å². The molecule has 0 bridgehead atoms. The van der Waals surface area contributed by atoms with Crippen molar-refractivity contribution in [2.45, 2.75) is 25.4 Å². The zero-order chi connectivity index (χ0) is 18.4. The summed E-state index contributed by atoms with van der Waals surface area (Å²) in [5, 5.41) is 9.42. The van der Waals surface area contributed by atoms with Crippen LogP contribution in [0.4, 0.5) is 8.78 Å². The maximum atomic E-state index is 13.9. The first-order valence-electron chi connectivity index (χ1n) is 9.21. The largest absolute Gasteiger partial charge is 0.396 e. The fourth-order valence-corrected chi connectivity index (χ4v) is 3.65. The molecule has 140 valence electrons. The van der Waals surface area contributed by atoms with Gasteiger partial charge in [-0.05, 0) is 24.5 Å². The highest BCUT2D eigenvalue weighted by atomic mass is 19.2. The summed E-state index contributed by atoms with van der Waals surface area (Å²) < 4.78 is 27.4. The molecule has 3 rings (SSSR count). The predicted molar refractivity (Wildman–Crippen MR) is 98.8 cm³/mol. The van der Waals surface area contributed by atoms with E-state index in [1.54, 1.807) is 12.1 Å². The number of hydrogen-bond acceptors (Lipinski definition) is 3. The van der Waals surface area contributed by atoms with Crippen molar-refractivity contribution in [2.75, 3.05) is 32.8 Å². The summed E-state index contributed by atoms with van der Waals surface area (Å²) in [5.41, 5.74) is 1.70. The molecule has 0 spiro atoms. The number of piperazine rings is 1. The molecule has 0 amide bonds. The van der Waals surface area contributed by atoms with Crippen molar-refractivity contribution in [1.29, 1.82) is 0 Å². The Morgan fingerprint density at radius 2 is 1.81 bits per heavy atom. The number of hydrogen-bond donors (Lipinski definition) is 1. The van der Waals surface area contributed by atoms with Gasteiger partial charge in [-0.25, -0.2) is 8.78 Å². The van der Waals surface area contributed by atoms with Crippen LogP contribution in [0.2, 0.25) is 0 Å². The molecule has 1 aliphatic heterocycles. The number of rotatable bonds is 7. The number of aliphatic hydroxyl groups is 1. The van der Waals surface area contributed by atoms with Crippen molar-refractivity contribution in [1.82, 2.24) is 9.80 Å². The van der Waals surface area contributed by atoms with Crippen LogP contribution in [0.25, 0.3) is 0 Å². The molecule has 5 heteroatoms. The Kier molecular flexibility index (Phi) is 6.72. The SMILES string of the molecule is OCC[C@H]1CN(Cc2cccc(F)c2F)CCN1CCc1ccccc1. The molecule has 26 heavy (non-hydrogen) atoms. The van der Waals surface area contributed by atoms with Crippen LogP contribution in [0.1, 0.15) is 17.5 Å². The average Bonchev–Trinajstić information content (AvgIpc) is 2.66. The summed E-state index contributed by atoms with van der Waals surface area (Å²) in [6.45, 7) is 3.91. The van der Waals surface area contributed by atoms with E-state index in [-0.39, 0.29) is 12.6 Å². The van der Waals surface area contributed by atoms with Gasteiger partial charge in [0.15, 0.2) is 11.6 Å². The van der Waals surface area contributed by atoms with Gasteiger partial charge in [-0.3, -0.25) is 9.80 Å². The second kappa shape index (κ2) is 9.21. The van der Waals surface area contributed by atoms with Crippen molar-refractivity contribution in [3.63, 3.8) is 0 Å². The molecule has 1 heterocycles. The Labute approximate surface area is 153 Å². The van der Waals surface area contributed by atoms with E-state index in [1.807, 2.05) is 18.2 Å². The van der Waals surface area contributed by atoms with Crippen molar-refractivity contribution in [3.05, 3.63) is 71.3 Å². The van der Waals surface area contributed by atoms with Crippen LogP contribution in [0.5, 0.6) is 0 Å². The zero-order valence-corrected chi connectivity index (χ0v) is 15.0. The molecule has 2 aromatic carbocycles. The maximum absolute atomic E-state index is 13.9. The molecule has 0 unspecified atom stereocenters. The lowest BCUT2D eigenvalue weighted by Crippen LogP contribution is -2.53. The van der Waals surface area contributed by atoms with Gasteiger partial charge in [0.2, 0.25) is 0 Å². The van der Waals surface area contributed by atoms with Crippen LogP contribution < -0.4 is 0 Å². The van der Waals surface area contributed by atoms with E-state index in [0.29, 0.717) is 18.5 Å². The van der Waals surface area contributed by atoms with Crippen molar-refractivity contribution < 1.29 is 13.9 Å². The fourth-order valence-electron chi connectivity index (χ4n) is 3.65. The lowest BCUT2D eigenvalue weighted by atomic mass is 10.1. The van der Waals surface area contributed by atoms with Crippen LogP contribution in [-0.2, 0) is 13.0 Å². The number of benzene rings is 2. The van der Waals surface area contributed by atoms with Gasteiger partial charge < -0.3 is 5.11 Å². The Bertz CT molecular complexity index is 696. The normalized spacial score (nSPS) is 19.0. The molecule has 1 fully saturated rings. The summed E-state index contributed by atoms with van der Waals surface area (Å²) in [6.07, 6.45) is 1.66. The summed E-state index contributed by atoms with van der Waals surface area (Å²) in [6, 6.07) is 14.9. The van der Waals surface area contributed by atoms with Crippen LogP contribution in [-0.4, -0.2) is 53.7 Å². The number of halogens is 2. The van der Waals surface area contributed by atoms with E-state index >= 15 is 0 Å². The van der Waals surface area contributed by atoms with Gasteiger partial charge in [0.05, 0.1) is 0 Å². The molecule has 0 radical (unpaired) electrons. The third-order valence-electron chi connectivity index (χ3n) is 5.11.